The summed E-state index contributed by atoms with van der Waals surface area (Å²) in [6, 6.07) is 5.15. The van der Waals surface area contributed by atoms with Gasteiger partial charge in [0.15, 0.2) is 4.96 Å². The van der Waals surface area contributed by atoms with Crippen LogP contribution in [0.3, 0.4) is 0 Å². The van der Waals surface area contributed by atoms with E-state index in [-0.39, 0.29) is 18.2 Å². The minimum Gasteiger partial charge on any atom is -0.497 e. The van der Waals surface area contributed by atoms with E-state index in [1.165, 1.54) is 7.11 Å². The van der Waals surface area contributed by atoms with Gasteiger partial charge < -0.3 is 19.3 Å². The highest BCUT2D eigenvalue weighted by molar-refractivity contribution is 7.15. The van der Waals surface area contributed by atoms with Gasteiger partial charge in [-0.3, -0.25) is 14.0 Å². The monoisotopic (exact) mass is 414 g/mol. The number of thiazole rings is 1. The maximum atomic E-state index is 12.9. The van der Waals surface area contributed by atoms with Crippen LogP contribution < -0.4 is 9.47 Å². The van der Waals surface area contributed by atoms with Gasteiger partial charge in [-0.25, -0.2) is 4.98 Å². The molecule has 3 heterocycles. The van der Waals surface area contributed by atoms with Gasteiger partial charge in [0, 0.05) is 50.0 Å². The molecular formula is C20H22N4O4S. The largest absolute Gasteiger partial charge is 0.497 e. The number of nitrogens with zero attached hydrogens (tertiary/aromatic N) is 4. The van der Waals surface area contributed by atoms with Gasteiger partial charge in [-0.1, -0.05) is 0 Å². The van der Waals surface area contributed by atoms with Gasteiger partial charge in [-0.2, -0.15) is 0 Å². The summed E-state index contributed by atoms with van der Waals surface area (Å²) in [5.74, 6) is 1.04. The highest BCUT2D eigenvalue weighted by atomic mass is 32.1. The van der Waals surface area contributed by atoms with Crippen molar-refractivity contribution in [2.75, 3.05) is 40.4 Å². The van der Waals surface area contributed by atoms with Gasteiger partial charge in [-0.05, 0) is 12.1 Å². The van der Waals surface area contributed by atoms with E-state index in [0.717, 1.165) is 10.7 Å². The molecule has 152 valence electrons. The summed E-state index contributed by atoms with van der Waals surface area (Å²) in [6.07, 6.45) is 4.09. The third kappa shape index (κ3) is 3.91. The Kier molecular flexibility index (Phi) is 5.39. The van der Waals surface area contributed by atoms with Crippen LogP contribution in [0.5, 0.6) is 11.5 Å². The molecule has 1 fully saturated rings. The van der Waals surface area contributed by atoms with Crippen LogP contribution in [0.25, 0.3) is 4.96 Å². The van der Waals surface area contributed by atoms with Crippen molar-refractivity contribution in [3.05, 3.63) is 47.2 Å². The smallest absolute Gasteiger partial charge is 0.257 e. The number of carbonyl (C=O) groups excluding carboxylic acids is 2. The van der Waals surface area contributed by atoms with Crippen LogP contribution in [0.2, 0.25) is 0 Å². The van der Waals surface area contributed by atoms with E-state index >= 15 is 0 Å². The first-order valence-corrected chi connectivity index (χ1v) is 10.2. The molecule has 0 saturated carbocycles. The quantitative estimate of drug-likeness (QED) is 0.638. The predicted molar refractivity (Wildman–Crippen MR) is 109 cm³/mol. The van der Waals surface area contributed by atoms with Crippen molar-refractivity contribution in [3.63, 3.8) is 0 Å². The molecule has 9 heteroatoms. The first-order valence-electron chi connectivity index (χ1n) is 9.29. The van der Waals surface area contributed by atoms with E-state index in [0.29, 0.717) is 43.2 Å². The van der Waals surface area contributed by atoms with Gasteiger partial charge in [0.1, 0.15) is 11.5 Å². The standard InChI is InChI=1S/C20H22N4O4S/c1-27-15-3-4-16(17(12-15)28-2)19(26)23-7-5-22(6-8-23)18(25)11-14-13-24-9-10-29-20(24)21-14/h3-4,9-10,12-13H,5-8,11H2,1-2H3. The average Bonchev–Trinajstić information content (AvgIpc) is 3.34. The Bertz CT molecular complexity index is 1010. The minimum absolute atomic E-state index is 0.0323. The van der Waals surface area contributed by atoms with Gasteiger partial charge in [0.2, 0.25) is 5.91 Å². The molecular weight excluding hydrogens is 392 g/mol. The highest BCUT2D eigenvalue weighted by Crippen LogP contribution is 2.26. The fourth-order valence-corrected chi connectivity index (χ4v) is 4.15. The third-order valence-corrected chi connectivity index (χ3v) is 5.80. The molecule has 0 N–H and O–H groups in total. The Labute approximate surface area is 172 Å². The second-order valence-corrected chi connectivity index (χ2v) is 7.61. The number of piperazine rings is 1. The number of fused-ring (bicyclic) bond motifs is 1. The fourth-order valence-electron chi connectivity index (χ4n) is 3.43. The number of benzene rings is 1. The second kappa shape index (κ2) is 8.12. The Balaban J connectivity index is 1.36. The van der Waals surface area contributed by atoms with Crippen molar-refractivity contribution >= 4 is 28.1 Å². The Morgan fingerprint density at radius 1 is 1.10 bits per heavy atom. The normalized spacial score (nSPS) is 14.3. The van der Waals surface area contributed by atoms with E-state index in [1.807, 2.05) is 22.2 Å². The van der Waals surface area contributed by atoms with Crippen molar-refractivity contribution in [1.29, 1.82) is 0 Å². The number of amides is 2. The van der Waals surface area contributed by atoms with Crippen molar-refractivity contribution in [1.82, 2.24) is 19.2 Å². The van der Waals surface area contributed by atoms with Crippen LogP contribution >= 0.6 is 11.3 Å². The zero-order valence-corrected chi connectivity index (χ0v) is 17.1. The molecule has 0 bridgehead atoms. The molecule has 29 heavy (non-hydrogen) atoms. The summed E-state index contributed by atoms with van der Waals surface area (Å²) in [6.45, 7) is 1.98. The van der Waals surface area contributed by atoms with Crippen molar-refractivity contribution < 1.29 is 19.1 Å². The summed E-state index contributed by atoms with van der Waals surface area (Å²) in [7, 11) is 3.10. The van der Waals surface area contributed by atoms with Gasteiger partial charge in [0.25, 0.3) is 5.91 Å². The van der Waals surface area contributed by atoms with Crippen LogP contribution in [0.1, 0.15) is 16.1 Å². The van der Waals surface area contributed by atoms with E-state index in [4.69, 9.17) is 9.47 Å². The average molecular weight is 414 g/mol. The second-order valence-electron chi connectivity index (χ2n) is 6.74. The van der Waals surface area contributed by atoms with Crippen LogP contribution in [-0.2, 0) is 11.2 Å². The van der Waals surface area contributed by atoms with Gasteiger partial charge >= 0.3 is 0 Å². The number of aromatic nitrogens is 2. The van der Waals surface area contributed by atoms with Gasteiger partial charge in [0.05, 0.1) is 31.9 Å². The van der Waals surface area contributed by atoms with Crippen LogP contribution in [0.15, 0.2) is 36.0 Å². The Hall–Kier alpha value is -3.07. The van der Waals surface area contributed by atoms with Crippen molar-refractivity contribution in [2.45, 2.75) is 6.42 Å². The fraction of sp³-hybridized carbons (Fsp3) is 0.350. The SMILES string of the molecule is COc1ccc(C(=O)N2CCN(C(=O)Cc3cn4ccsc4n3)CC2)c(OC)c1. The molecule has 1 aliphatic rings. The van der Waals surface area contributed by atoms with E-state index < -0.39 is 0 Å². The minimum atomic E-state index is -0.106. The lowest BCUT2D eigenvalue weighted by atomic mass is 10.1. The summed E-state index contributed by atoms with van der Waals surface area (Å²) >= 11 is 1.54. The molecule has 0 atom stereocenters. The van der Waals surface area contributed by atoms with Crippen molar-refractivity contribution in [3.8, 4) is 11.5 Å². The number of carbonyl (C=O) groups is 2. The zero-order valence-electron chi connectivity index (χ0n) is 16.3. The molecule has 2 aromatic heterocycles. The summed E-state index contributed by atoms with van der Waals surface area (Å²) in [5.41, 5.74) is 1.26. The maximum absolute atomic E-state index is 12.9. The summed E-state index contributed by atoms with van der Waals surface area (Å²) < 4.78 is 12.5. The Morgan fingerprint density at radius 2 is 1.86 bits per heavy atom. The van der Waals surface area contributed by atoms with E-state index in [2.05, 4.69) is 4.98 Å². The maximum Gasteiger partial charge on any atom is 0.257 e. The number of rotatable bonds is 5. The molecule has 0 unspecified atom stereocenters. The predicted octanol–water partition coefficient (Wildman–Crippen LogP) is 1.94. The summed E-state index contributed by atoms with van der Waals surface area (Å²) in [5, 5.41) is 1.96. The van der Waals surface area contributed by atoms with E-state index in [9.17, 15) is 9.59 Å². The van der Waals surface area contributed by atoms with Crippen LogP contribution in [0, 0.1) is 0 Å². The molecule has 0 spiro atoms. The van der Waals surface area contributed by atoms with Gasteiger partial charge in [-0.15, -0.1) is 11.3 Å². The number of methoxy groups -OCH3 is 2. The molecule has 8 nitrogen and oxygen atoms in total. The van der Waals surface area contributed by atoms with Crippen LogP contribution in [-0.4, -0.2) is 71.4 Å². The molecule has 4 rings (SSSR count). The van der Waals surface area contributed by atoms with E-state index in [1.54, 1.807) is 46.4 Å². The molecule has 0 radical (unpaired) electrons. The molecule has 1 aromatic carbocycles. The zero-order chi connectivity index (χ0) is 20.4. The first-order chi connectivity index (χ1) is 14.1. The number of ether oxygens (including phenoxy) is 2. The molecule has 3 aromatic rings. The number of hydrogen-bond acceptors (Lipinski definition) is 6. The highest BCUT2D eigenvalue weighted by Gasteiger charge is 2.27. The lowest BCUT2D eigenvalue weighted by Crippen LogP contribution is -2.51. The Morgan fingerprint density at radius 3 is 2.55 bits per heavy atom. The first kappa shape index (κ1) is 19.3. The molecule has 1 saturated heterocycles. The molecule has 0 aliphatic carbocycles. The lowest BCUT2D eigenvalue weighted by molar-refractivity contribution is -0.132. The number of imidazole rings is 1. The summed E-state index contributed by atoms with van der Waals surface area (Å²) in [4.78, 5) is 34.4. The molecule has 2 amide bonds. The lowest BCUT2D eigenvalue weighted by Gasteiger charge is -2.35. The van der Waals surface area contributed by atoms with Crippen LogP contribution in [0.4, 0.5) is 0 Å². The number of hydrogen-bond donors (Lipinski definition) is 0. The topological polar surface area (TPSA) is 76.4 Å². The van der Waals surface area contributed by atoms with Crippen molar-refractivity contribution in [2.24, 2.45) is 0 Å². The molecule has 1 aliphatic heterocycles. The third-order valence-electron chi connectivity index (χ3n) is 5.03.